The second kappa shape index (κ2) is 9.90. The van der Waals surface area contributed by atoms with E-state index in [4.69, 9.17) is 9.72 Å². The number of nitrogens with zero attached hydrogens (tertiary/aromatic N) is 3. The summed E-state index contributed by atoms with van der Waals surface area (Å²) < 4.78 is 7.24. The summed E-state index contributed by atoms with van der Waals surface area (Å²) >= 11 is 0. The van der Waals surface area contributed by atoms with Crippen molar-refractivity contribution < 1.29 is 9.84 Å². The number of aromatic nitrogens is 2. The highest BCUT2D eigenvalue weighted by molar-refractivity contribution is 6.02. The summed E-state index contributed by atoms with van der Waals surface area (Å²) in [6.07, 6.45) is 1.53. The van der Waals surface area contributed by atoms with Crippen LogP contribution in [-0.4, -0.2) is 27.6 Å². The van der Waals surface area contributed by atoms with Crippen LogP contribution in [0.2, 0.25) is 0 Å². The van der Waals surface area contributed by atoms with Gasteiger partial charge in [0.2, 0.25) is 0 Å². The molecule has 186 valence electrons. The lowest BCUT2D eigenvalue weighted by molar-refractivity contribution is 0.335. The molecule has 37 heavy (non-hydrogen) atoms. The second-order valence-electron chi connectivity index (χ2n) is 9.33. The molecule has 6 nitrogen and oxygen atoms in total. The zero-order chi connectivity index (χ0) is 26.1. The van der Waals surface area contributed by atoms with Crippen molar-refractivity contribution in [3.8, 4) is 22.9 Å². The number of phenolic OH excluding ortho intramolecular Hbond substituents is 1. The maximum Gasteiger partial charge on any atom is 0.282 e. The van der Waals surface area contributed by atoms with Gasteiger partial charge in [-0.2, -0.15) is 9.78 Å². The number of ether oxygens (including phenoxy) is 1. The molecule has 0 unspecified atom stereocenters. The first-order valence-corrected chi connectivity index (χ1v) is 12.4. The summed E-state index contributed by atoms with van der Waals surface area (Å²) in [7, 11) is 0. The zero-order valence-corrected chi connectivity index (χ0v) is 21.4. The monoisotopic (exact) mass is 491 g/mol. The van der Waals surface area contributed by atoms with Gasteiger partial charge in [-0.15, -0.1) is 0 Å². The largest absolute Gasteiger partial charge is 0.507 e. The van der Waals surface area contributed by atoms with Gasteiger partial charge >= 0.3 is 0 Å². The molecular formula is C31H29N3O3. The van der Waals surface area contributed by atoms with Crippen LogP contribution < -0.4 is 10.3 Å². The molecule has 0 spiro atoms. The molecule has 1 aromatic heterocycles. The fourth-order valence-electron chi connectivity index (χ4n) is 4.61. The third-order valence-electron chi connectivity index (χ3n) is 6.52. The number of fused-ring (bicyclic) bond motifs is 2. The van der Waals surface area contributed by atoms with Crippen LogP contribution in [0, 0.1) is 6.92 Å². The number of aromatic hydroxyl groups is 1. The minimum absolute atomic E-state index is 0.0881. The van der Waals surface area contributed by atoms with E-state index < -0.39 is 0 Å². The standard InChI is InChI=1S/C31H29N3O3/c1-5-37-29-16-20(4)25(17-24(29)19(2)3)30-33-27-13-9-8-12-23(27)31(36)34(30)32-18-26-22-11-7-6-10-21(22)14-15-28(26)35/h6-19,35H,5H2,1-4H3. The summed E-state index contributed by atoms with van der Waals surface area (Å²) in [6.45, 7) is 8.73. The third-order valence-corrected chi connectivity index (χ3v) is 6.52. The lowest BCUT2D eigenvalue weighted by Crippen LogP contribution is -2.21. The number of rotatable bonds is 6. The quantitative estimate of drug-likeness (QED) is 0.270. The van der Waals surface area contributed by atoms with Gasteiger partial charge in [-0.25, -0.2) is 4.98 Å². The van der Waals surface area contributed by atoms with Crippen molar-refractivity contribution in [2.75, 3.05) is 6.61 Å². The molecule has 1 heterocycles. The number of phenols is 1. The van der Waals surface area contributed by atoms with Gasteiger partial charge in [-0.1, -0.05) is 56.3 Å². The van der Waals surface area contributed by atoms with E-state index in [9.17, 15) is 9.90 Å². The first-order valence-electron chi connectivity index (χ1n) is 12.4. The average molecular weight is 492 g/mol. The fraction of sp³-hybridized carbons (Fsp3) is 0.194. The van der Waals surface area contributed by atoms with Crippen LogP contribution in [0.15, 0.2) is 82.7 Å². The Morgan fingerprint density at radius 2 is 1.76 bits per heavy atom. The molecule has 0 bridgehead atoms. The maximum absolute atomic E-state index is 13.7. The molecule has 0 atom stereocenters. The molecule has 0 aliphatic rings. The van der Waals surface area contributed by atoms with E-state index in [1.165, 1.54) is 10.9 Å². The number of hydrogen-bond donors (Lipinski definition) is 1. The van der Waals surface area contributed by atoms with Crippen molar-refractivity contribution in [3.05, 3.63) is 99.8 Å². The molecule has 5 rings (SSSR count). The normalized spacial score (nSPS) is 11.7. The number of benzene rings is 4. The Morgan fingerprint density at radius 1 is 1.03 bits per heavy atom. The topological polar surface area (TPSA) is 76.7 Å². The highest BCUT2D eigenvalue weighted by Crippen LogP contribution is 2.34. The Kier molecular flexibility index (Phi) is 6.49. The summed E-state index contributed by atoms with van der Waals surface area (Å²) in [5, 5.41) is 17.5. The Morgan fingerprint density at radius 3 is 2.51 bits per heavy atom. The highest BCUT2D eigenvalue weighted by Gasteiger charge is 2.18. The van der Waals surface area contributed by atoms with E-state index in [-0.39, 0.29) is 17.2 Å². The number of para-hydroxylation sites is 1. The van der Waals surface area contributed by atoms with Gasteiger partial charge in [0.05, 0.1) is 23.7 Å². The van der Waals surface area contributed by atoms with Crippen molar-refractivity contribution in [2.24, 2.45) is 5.10 Å². The molecule has 0 aliphatic heterocycles. The van der Waals surface area contributed by atoms with Crippen molar-refractivity contribution >= 4 is 27.9 Å². The van der Waals surface area contributed by atoms with Crippen LogP contribution in [0.25, 0.3) is 33.1 Å². The van der Waals surface area contributed by atoms with Gasteiger partial charge in [0.15, 0.2) is 5.82 Å². The molecule has 0 fully saturated rings. The van der Waals surface area contributed by atoms with E-state index in [1.54, 1.807) is 12.1 Å². The molecule has 1 N–H and O–H groups in total. The van der Waals surface area contributed by atoms with Gasteiger partial charge in [-0.3, -0.25) is 4.79 Å². The van der Waals surface area contributed by atoms with Crippen LogP contribution in [0.5, 0.6) is 11.5 Å². The summed E-state index contributed by atoms with van der Waals surface area (Å²) in [6, 6.07) is 22.5. The first kappa shape index (κ1) is 24.3. The van der Waals surface area contributed by atoms with Crippen molar-refractivity contribution in [1.29, 1.82) is 0 Å². The van der Waals surface area contributed by atoms with Gasteiger partial charge in [0.1, 0.15) is 11.5 Å². The third kappa shape index (κ3) is 4.47. The Hall–Kier alpha value is -4.45. The summed E-state index contributed by atoms with van der Waals surface area (Å²) in [5.41, 5.74) is 3.61. The smallest absolute Gasteiger partial charge is 0.282 e. The van der Waals surface area contributed by atoms with E-state index in [2.05, 4.69) is 18.9 Å². The predicted molar refractivity (Wildman–Crippen MR) is 150 cm³/mol. The Labute approximate surface area is 215 Å². The molecule has 0 amide bonds. The average Bonchev–Trinajstić information content (AvgIpc) is 2.89. The molecule has 0 saturated heterocycles. The SMILES string of the molecule is CCOc1cc(C)c(-c2nc3ccccc3c(=O)n2N=Cc2c(O)ccc3ccccc23)cc1C(C)C. The van der Waals surface area contributed by atoms with Crippen LogP contribution in [-0.2, 0) is 0 Å². The van der Waals surface area contributed by atoms with E-state index in [0.29, 0.717) is 28.9 Å². The second-order valence-corrected chi connectivity index (χ2v) is 9.33. The summed E-state index contributed by atoms with van der Waals surface area (Å²) in [5.74, 6) is 1.56. The molecule has 4 aromatic carbocycles. The molecule has 6 heteroatoms. The van der Waals surface area contributed by atoms with Crippen LogP contribution in [0.3, 0.4) is 0 Å². The zero-order valence-electron chi connectivity index (χ0n) is 21.4. The van der Waals surface area contributed by atoms with E-state index in [0.717, 1.165) is 33.2 Å². The minimum Gasteiger partial charge on any atom is -0.507 e. The van der Waals surface area contributed by atoms with Crippen LogP contribution in [0.1, 0.15) is 43.4 Å². The Balaban J connectivity index is 1.78. The maximum atomic E-state index is 13.7. The first-order chi connectivity index (χ1) is 17.9. The molecule has 0 aliphatic carbocycles. The van der Waals surface area contributed by atoms with Gasteiger partial charge < -0.3 is 9.84 Å². The number of hydrogen-bond acceptors (Lipinski definition) is 5. The van der Waals surface area contributed by atoms with Crippen LogP contribution in [0.4, 0.5) is 0 Å². The minimum atomic E-state index is -0.282. The lowest BCUT2D eigenvalue weighted by atomic mass is 9.96. The predicted octanol–water partition coefficient (Wildman–Crippen LogP) is 6.64. The molecule has 0 saturated carbocycles. The lowest BCUT2D eigenvalue weighted by Gasteiger charge is -2.18. The molecule has 5 aromatic rings. The van der Waals surface area contributed by atoms with Gasteiger partial charge in [0.25, 0.3) is 5.56 Å². The van der Waals surface area contributed by atoms with Gasteiger partial charge in [-0.05, 0) is 72.0 Å². The van der Waals surface area contributed by atoms with Gasteiger partial charge in [0, 0.05) is 11.1 Å². The van der Waals surface area contributed by atoms with Crippen LogP contribution >= 0.6 is 0 Å². The van der Waals surface area contributed by atoms with Crippen molar-refractivity contribution in [2.45, 2.75) is 33.6 Å². The highest BCUT2D eigenvalue weighted by atomic mass is 16.5. The fourth-order valence-corrected chi connectivity index (χ4v) is 4.61. The van der Waals surface area contributed by atoms with E-state index in [1.807, 2.05) is 74.5 Å². The summed E-state index contributed by atoms with van der Waals surface area (Å²) in [4.78, 5) is 18.6. The molecule has 0 radical (unpaired) electrons. The van der Waals surface area contributed by atoms with E-state index >= 15 is 0 Å². The van der Waals surface area contributed by atoms with Crippen molar-refractivity contribution in [3.63, 3.8) is 0 Å². The molecular weight excluding hydrogens is 462 g/mol. The Bertz CT molecular complexity index is 1720. The number of aryl methyl sites for hydroxylation is 1. The van der Waals surface area contributed by atoms with Crippen molar-refractivity contribution in [1.82, 2.24) is 9.66 Å².